The second-order valence-corrected chi connectivity index (χ2v) is 7.58. The van der Waals surface area contributed by atoms with Crippen molar-refractivity contribution in [3.63, 3.8) is 0 Å². The van der Waals surface area contributed by atoms with Crippen LogP contribution in [0.1, 0.15) is 13.8 Å². The van der Waals surface area contributed by atoms with Crippen LogP contribution < -0.4 is 10.1 Å². The number of likely N-dealkylation sites (N-methyl/N-ethyl adjacent to an activating group) is 1. The highest BCUT2D eigenvalue weighted by atomic mass is 32.2. The average molecular weight is 379 g/mol. The lowest BCUT2D eigenvalue weighted by molar-refractivity contribution is -0.127. The van der Waals surface area contributed by atoms with Gasteiger partial charge in [-0.1, -0.05) is 35.3 Å². The van der Waals surface area contributed by atoms with Gasteiger partial charge < -0.3 is 15.0 Å². The average Bonchev–Trinajstić information content (AvgIpc) is 3.05. The van der Waals surface area contributed by atoms with Gasteiger partial charge in [-0.15, -0.1) is 10.2 Å². The quantitative estimate of drug-likeness (QED) is 0.529. The first-order valence-corrected chi connectivity index (χ1v) is 9.61. The molecule has 1 heterocycles. The number of thioether (sulfide) groups is 1. The Kier molecular flexibility index (Phi) is 7.27. The maximum Gasteiger partial charge on any atom is 0.233 e. The lowest BCUT2D eigenvalue weighted by Gasteiger charge is -2.20. The molecule has 1 amide bonds. The zero-order valence-electron chi connectivity index (χ0n) is 14.6. The molecule has 0 bridgehead atoms. The van der Waals surface area contributed by atoms with Gasteiger partial charge in [0.2, 0.25) is 11.0 Å². The van der Waals surface area contributed by atoms with Gasteiger partial charge in [-0.05, 0) is 38.1 Å². The van der Waals surface area contributed by atoms with Crippen molar-refractivity contribution in [2.24, 2.45) is 0 Å². The number of ether oxygens (including phenoxy) is 1. The molecule has 2 aromatic rings. The molecule has 1 aromatic heterocycles. The molecule has 0 spiro atoms. The van der Waals surface area contributed by atoms with Crippen LogP contribution in [-0.2, 0) is 4.79 Å². The van der Waals surface area contributed by atoms with Gasteiger partial charge in [0.05, 0.1) is 12.9 Å². The van der Waals surface area contributed by atoms with Crippen molar-refractivity contribution in [2.45, 2.75) is 18.2 Å². The predicted octanol–water partition coefficient (Wildman–Crippen LogP) is 3.81. The minimum Gasteiger partial charge on any atom is -0.497 e. The summed E-state index contributed by atoms with van der Waals surface area (Å²) in [7, 11) is 1.63. The fraction of sp³-hybridized carbons (Fsp3) is 0.353. The van der Waals surface area contributed by atoms with Gasteiger partial charge in [0, 0.05) is 18.8 Å². The summed E-state index contributed by atoms with van der Waals surface area (Å²) in [5.74, 6) is 1.22. The van der Waals surface area contributed by atoms with Crippen LogP contribution in [0, 0.1) is 0 Å². The molecule has 6 nitrogen and oxygen atoms in total. The monoisotopic (exact) mass is 378 g/mol. The first-order chi connectivity index (χ1) is 12.0. The van der Waals surface area contributed by atoms with Crippen LogP contribution in [0.4, 0.5) is 10.8 Å². The van der Waals surface area contributed by atoms with Gasteiger partial charge in [-0.25, -0.2) is 0 Å². The van der Waals surface area contributed by atoms with Gasteiger partial charge in [0.15, 0.2) is 4.34 Å². The van der Waals surface area contributed by atoms with E-state index in [-0.39, 0.29) is 5.91 Å². The van der Waals surface area contributed by atoms with Gasteiger partial charge >= 0.3 is 0 Å². The van der Waals surface area contributed by atoms with Crippen LogP contribution in [0.25, 0.3) is 0 Å². The Morgan fingerprint density at radius 3 is 2.68 bits per heavy atom. The van der Waals surface area contributed by atoms with Crippen molar-refractivity contribution < 1.29 is 9.53 Å². The zero-order valence-corrected chi connectivity index (χ0v) is 16.2. The van der Waals surface area contributed by atoms with E-state index in [2.05, 4.69) is 22.1 Å². The molecule has 1 aromatic carbocycles. The standard InChI is InChI=1S/C17H22N4O2S2/c1-5-21(10-12(2)3)15(22)11-24-17-20-19-16(25-17)18-13-6-8-14(23-4)9-7-13/h6-9H,2,5,10-11H2,1,3-4H3,(H,18,19). The van der Waals surface area contributed by atoms with Crippen molar-refractivity contribution in [3.05, 3.63) is 36.4 Å². The molecule has 0 fully saturated rings. The molecule has 25 heavy (non-hydrogen) atoms. The molecule has 0 unspecified atom stereocenters. The summed E-state index contributed by atoms with van der Waals surface area (Å²) in [6.45, 7) is 9.01. The number of rotatable bonds is 9. The Morgan fingerprint density at radius 1 is 1.36 bits per heavy atom. The van der Waals surface area contributed by atoms with Crippen molar-refractivity contribution in [1.29, 1.82) is 0 Å². The lowest BCUT2D eigenvalue weighted by atomic mass is 10.3. The molecule has 2 rings (SSSR count). The van der Waals surface area contributed by atoms with E-state index in [1.54, 1.807) is 12.0 Å². The lowest BCUT2D eigenvalue weighted by Crippen LogP contribution is -2.33. The molecule has 0 atom stereocenters. The van der Waals surface area contributed by atoms with Crippen LogP contribution in [0.2, 0.25) is 0 Å². The summed E-state index contributed by atoms with van der Waals surface area (Å²) >= 11 is 2.82. The largest absolute Gasteiger partial charge is 0.497 e. The third-order valence-corrected chi connectivity index (χ3v) is 5.22. The van der Waals surface area contributed by atoms with E-state index in [4.69, 9.17) is 4.74 Å². The molecular weight excluding hydrogens is 356 g/mol. The van der Waals surface area contributed by atoms with Gasteiger partial charge in [0.1, 0.15) is 5.75 Å². The SMILES string of the molecule is C=C(C)CN(CC)C(=O)CSc1nnc(Nc2ccc(OC)cc2)s1. The van der Waals surface area contributed by atoms with Crippen molar-refractivity contribution in [2.75, 3.05) is 31.3 Å². The van der Waals surface area contributed by atoms with E-state index < -0.39 is 0 Å². The number of nitrogens with one attached hydrogen (secondary N) is 1. The minimum atomic E-state index is 0.0790. The first kappa shape index (κ1) is 19.3. The Morgan fingerprint density at radius 2 is 2.08 bits per heavy atom. The maximum atomic E-state index is 12.2. The van der Waals surface area contributed by atoms with E-state index in [9.17, 15) is 4.79 Å². The molecule has 1 N–H and O–H groups in total. The van der Waals surface area contributed by atoms with Crippen LogP contribution in [0.15, 0.2) is 40.8 Å². The number of carbonyl (C=O) groups excluding carboxylic acids is 1. The van der Waals surface area contributed by atoms with Gasteiger partial charge in [-0.3, -0.25) is 4.79 Å². The zero-order chi connectivity index (χ0) is 18.2. The molecular formula is C17H22N4O2S2. The summed E-state index contributed by atoms with van der Waals surface area (Å²) in [5.41, 5.74) is 1.88. The minimum absolute atomic E-state index is 0.0790. The normalized spacial score (nSPS) is 10.4. The predicted molar refractivity (Wildman–Crippen MR) is 104 cm³/mol. The van der Waals surface area contributed by atoms with E-state index in [1.165, 1.54) is 23.1 Å². The number of amides is 1. The molecule has 0 aliphatic heterocycles. The number of benzene rings is 1. The summed E-state index contributed by atoms with van der Waals surface area (Å²) in [5, 5.41) is 12.1. The first-order valence-electron chi connectivity index (χ1n) is 7.81. The second kappa shape index (κ2) is 9.43. The highest BCUT2D eigenvalue weighted by Gasteiger charge is 2.14. The van der Waals surface area contributed by atoms with Crippen molar-refractivity contribution >= 4 is 39.8 Å². The Hall–Kier alpha value is -2.06. The van der Waals surface area contributed by atoms with Gasteiger partial charge in [-0.2, -0.15) is 0 Å². The summed E-state index contributed by atoms with van der Waals surface area (Å²) in [6, 6.07) is 7.57. The van der Waals surface area contributed by atoms with Crippen LogP contribution in [0.5, 0.6) is 5.75 Å². The summed E-state index contributed by atoms with van der Waals surface area (Å²) < 4.78 is 5.89. The topological polar surface area (TPSA) is 67.4 Å². The Labute approximate surface area is 156 Å². The summed E-state index contributed by atoms with van der Waals surface area (Å²) in [4.78, 5) is 14.0. The smallest absolute Gasteiger partial charge is 0.233 e. The van der Waals surface area contributed by atoms with E-state index in [0.29, 0.717) is 24.0 Å². The second-order valence-electron chi connectivity index (χ2n) is 5.38. The number of hydrogen-bond donors (Lipinski definition) is 1. The number of methoxy groups -OCH3 is 1. The number of anilines is 2. The van der Waals surface area contributed by atoms with E-state index in [1.807, 2.05) is 38.1 Å². The van der Waals surface area contributed by atoms with Crippen LogP contribution in [0.3, 0.4) is 0 Å². The number of hydrogen-bond acceptors (Lipinski definition) is 7. The molecule has 0 aliphatic carbocycles. The van der Waals surface area contributed by atoms with E-state index >= 15 is 0 Å². The number of carbonyl (C=O) groups is 1. The number of aromatic nitrogens is 2. The third-order valence-electron chi connectivity index (χ3n) is 3.26. The number of nitrogens with zero attached hydrogens (tertiary/aromatic N) is 3. The van der Waals surface area contributed by atoms with Crippen LogP contribution >= 0.6 is 23.1 Å². The fourth-order valence-electron chi connectivity index (χ4n) is 2.03. The van der Waals surface area contributed by atoms with Crippen molar-refractivity contribution in [3.8, 4) is 5.75 Å². The highest BCUT2D eigenvalue weighted by Crippen LogP contribution is 2.28. The molecule has 134 valence electrons. The molecule has 0 radical (unpaired) electrons. The molecule has 8 heteroatoms. The Bertz CT molecular complexity index is 716. The van der Waals surface area contributed by atoms with Crippen molar-refractivity contribution in [1.82, 2.24) is 15.1 Å². The van der Waals surface area contributed by atoms with Crippen LogP contribution in [-0.4, -0.2) is 47.0 Å². The van der Waals surface area contributed by atoms with E-state index in [0.717, 1.165) is 21.3 Å². The molecule has 0 saturated carbocycles. The van der Waals surface area contributed by atoms with Gasteiger partial charge in [0.25, 0.3) is 0 Å². The molecule has 0 aliphatic rings. The molecule has 0 saturated heterocycles. The Balaban J connectivity index is 1.88. The highest BCUT2D eigenvalue weighted by molar-refractivity contribution is 8.01. The fourth-order valence-corrected chi connectivity index (χ4v) is 3.71. The summed E-state index contributed by atoms with van der Waals surface area (Å²) in [6.07, 6.45) is 0. The third kappa shape index (κ3) is 6.06. The maximum absolute atomic E-state index is 12.2.